The number of fused-ring (bicyclic) bond motifs is 1. The predicted molar refractivity (Wildman–Crippen MR) is 126 cm³/mol. The summed E-state index contributed by atoms with van der Waals surface area (Å²) in [6, 6.07) is 7.56. The number of rotatable bonds is 6. The van der Waals surface area contributed by atoms with Crippen molar-refractivity contribution in [3.05, 3.63) is 54.4 Å². The van der Waals surface area contributed by atoms with Gasteiger partial charge in [-0.1, -0.05) is 6.92 Å². The fourth-order valence-corrected chi connectivity index (χ4v) is 4.36. The second-order valence-corrected chi connectivity index (χ2v) is 9.35. The van der Waals surface area contributed by atoms with Gasteiger partial charge in [0.15, 0.2) is 5.82 Å². The Morgan fingerprint density at radius 3 is 2.91 bits per heavy atom. The molecule has 4 aromatic heterocycles. The van der Waals surface area contributed by atoms with Gasteiger partial charge in [0.2, 0.25) is 23.8 Å². The first-order chi connectivity index (χ1) is 16.9. The normalized spacial score (nSPS) is 20.8. The largest absolute Gasteiger partial charge is 0.391 e. The molecule has 0 radical (unpaired) electrons. The molecular weight excluding hydrogens is 453 g/mol. The minimum Gasteiger partial charge on any atom is -0.391 e. The van der Waals surface area contributed by atoms with Crippen LogP contribution in [0, 0.1) is 5.95 Å². The Bertz CT molecular complexity index is 1400. The molecule has 0 unspecified atom stereocenters. The Balaban J connectivity index is 1.29. The van der Waals surface area contributed by atoms with Crippen LogP contribution in [0.3, 0.4) is 0 Å². The molecule has 2 atom stereocenters. The van der Waals surface area contributed by atoms with Crippen LogP contribution < -0.4 is 15.5 Å². The molecule has 1 saturated heterocycles. The molecule has 180 valence electrons. The van der Waals surface area contributed by atoms with Crippen LogP contribution in [0.1, 0.15) is 31.9 Å². The lowest BCUT2D eigenvalue weighted by Gasteiger charge is -2.24. The van der Waals surface area contributed by atoms with E-state index in [0.29, 0.717) is 29.0 Å². The van der Waals surface area contributed by atoms with Gasteiger partial charge in [0.1, 0.15) is 11.7 Å². The summed E-state index contributed by atoms with van der Waals surface area (Å²) in [4.78, 5) is 27.6. The number of anilines is 4. The first kappa shape index (κ1) is 21.5. The summed E-state index contributed by atoms with van der Waals surface area (Å²) in [6.45, 7) is 2.39. The van der Waals surface area contributed by atoms with Crippen molar-refractivity contribution in [2.24, 2.45) is 0 Å². The maximum absolute atomic E-state index is 13.1. The summed E-state index contributed by atoms with van der Waals surface area (Å²) in [5, 5.41) is 23.8. The van der Waals surface area contributed by atoms with Crippen molar-refractivity contribution >= 4 is 35.0 Å². The van der Waals surface area contributed by atoms with Crippen LogP contribution >= 0.6 is 0 Å². The van der Waals surface area contributed by atoms with Crippen molar-refractivity contribution in [2.45, 2.75) is 43.7 Å². The van der Waals surface area contributed by atoms with Crippen molar-refractivity contribution in [1.82, 2.24) is 29.5 Å². The molecule has 35 heavy (non-hydrogen) atoms. The van der Waals surface area contributed by atoms with Crippen molar-refractivity contribution < 1.29 is 14.3 Å². The van der Waals surface area contributed by atoms with E-state index in [0.717, 1.165) is 18.5 Å². The highest BCUT2D eigenvalue weighted by molar-refractivity contribution is 5.97. The third-order valence-corrected chi connectivity index (χ3v) is 6.68. The maximum atomic E-state index is 13.1. The van der Waals surface area contributed by atoms with Crippen LogP contribution in [0.5, 0.6) is 0 Å². The number of H-pyrrole nitrogens is 1. The number of β-amino-alcohol motifs (C(OH)–C–C–N with tert-alkyl or cyclic N) is 1. The minimum absolute atomic E-state index is 0.152. The second-order valence-electron chi connectivity index (χ2n) is 9.35. The molecule has 6 rings (SSSR count). The van der Waals surface area contributed by atoms with Crippen LogP contribution in [0.25, 0.3) is 5.65 Å². The number of carbonyl (C=O) groups is 1. The third kappa shape index (κ3) is 4.05. The summed E-state index contributed by atoms with van der Waals surface area (Å²) < 4.78 is 14.9. The third-order valence-electron chi connectivity index (χ3n) is 6.68. The Labute approximate surface area is 199 Å². The number of aromatic nitrogens is 6. The number of amides is 1. The maximum Gasteiger partial charge on any atom is 0.247 e. The zero-order chi connectivity index (χ0) is 24.2. The summed E-state index contributed by atoms with van der Waals surface area (Å²) in [5.41, 5.74) is 2.22. The van der Waals surface area contributed by atoms with E-state index in [1.807, 2.05) is 24.4 Å². The van der Waals surface area contributed by atoms with Crippen LogP contribution in [-0.4, -0.2) is 59.3 Å². The van der Waals surface area contributed by atoms with Gasteiger partial charge >= 0.3 is 0 Å². The van der Waals surface area contributed by atoms with E-state index in [-0.39, 0.29) is 24.3 Å². The van der Waals surface area contributed by atoms with E-state index in [4.69, 9.17) is 0 Å². The van der Waals surface area contributed by atoms with E-state index < -0.39 is 18.1 Å². The Morgan fingerprint density at radius 1 is 1.29 bits per heavy atom. The Morgan fingerprint density at radius 2 is 2.14 bits per heavy atom. The summed E-state index contributed by atoms with van der Waals surface area (Å²) in [6.07, 6.45) is 4.82. The lowest BCUT2D eigenvalue weighted by molar-refractivity contribution is -0.117. The molecule has 2 fully saturated rings. The van der Waals surface area contributed by atoms with Gasteiger partial charge in [0, 0.05) is 36.3 Å². The fourth-order valence-electron chi connectivity index (χ4n) is 4.36. The van der Waals surface area contributed by atoms with E-state index in [1.165, 1.54) is 18.3 Å². The highest BCUT2D eigenvalue weighted by atomic mass is 19.1. The molecule has 5 heterocycles. The molecule has 1 saturated carbocycles. The number of pyridine rings is 1. The average Bonchev–Trinajstić information content (AvgIpc) is 3.23. The quantitative estimate of drug-likeness (QED) is 0.311. The fraction of sp³-hybridized carbons (Fsp3) is 0.348. The second kappa shape index (κ2) is 8.01. The first-order valence-electron chi connectivity index (χ1n) is 11.4. The van der Waals surface area contributed by atoms with E-state index in [9.17, 15) is 14.3 Å². The molecule has 1 amide bonds. The number of halogens is 1. The van der Waals surface area contributed by atoms with Gasteiger partial charge in [-0.3, -0.25) is 14.3 Å². The van der Waals surface area contributed by atoms with E-state index in [1.54, 1.807) is 9.30 Å². The highest BCUT2D eigenvalue weighted by Gasteiger charge is 2.41. The van der Waals surface area contributed by atoms with Gasteiger partial charge in [-0.15, -0.1) is 0 Å². The topological polar surface area (TPSA) is 136 Å². The zero-order valence-electron chi connectivity index (χ0n) is 18.9. The summed E-state index contributed by atoms with van der Waals surface area (Å²) in [5.74, 6) is 0.421. The molecule has 4 aromatic rings. The molecule has 0 aromatic carbocycles. The SMILES string of the molecule is CC1(c2cc(Nc3nc(N4C[C@@H](O)C[C@H]4C(=O)Nc4ccc(F)nc4)nc4cccn34)n[nH]2)CC1. The van der Waals surface area contributed by atoms with Crippen molar-refractivity contribution in [1.29, 1.82) is 0 Å². The highest BCUT2D eigenvalue weighted by Crippen LogP contribution is 2.47. The lowest BCUT2D eigenvalue weighted by Crippen LogP contribution is -2.40. The lowest BCUT2D eigenvalue weighted by atomic mass is 10.1. The van der Waals surface area contributed by atoms with E-state index >= 15 is 0 Å². The van der Waals surface area contributed by atoms with Crippen molar-refractivity contribution in [3.63, 3.8) is 0 Å². The van der Waals surface area contributed by atoms with Gasteiger partial charge in [0.25, 0.3) is 0 Å². The van der Waals surface area contributed by atoms with Gasteiger partial charge < -0.3 is 20.6 Å². The molecule has 11 nitrogen and oxygen atoms in total. The number of carbonyl (C=O) groups excluding carboxylic acids is 1. The molecule has 1 aliphatic heterocycles. The Hall–Kier alpha value is -4.06. The van der Waals surface area contributed by atoms with Gasteiger partial charge in [-0.05, 0) is 37.1 Å². The predicted octanol–water partition coefficient (Wildman–Crippen LogP) is 2.36. The van der Waals surface area contributed by atoms with Crippen LogP contribution in [0.15, 0.2) is 42.7 Å². The standard InChI is InChI=1S/C23H24FN9O2/c1-23(6-7-23)16-10-18(31-30-16)27-21-29-22(28-19-3-2-8-32(19)21)33-12-14(34)9-15(33)20(35)26-13-4-5-17(24)25-11-13/h2-5,8,10-11,14-15,34H,6-7,9,12H2,1H3,(H,26,35)(H2,27,28,29,30,31)/t14-,15-/m0/s1. The average molecular weight is 478 g/mol. The molecule has 4 N–H and O–H groups in total. The van der Waals surface area contributed by atoms with Crippen LogP contribution in [0.2, 0.25) is 0 Å². The molecule has 0 spiro atoms. The number of hydrogen-bond acceptors (Lipinski definition) is 8. The number of hydrogen-bond donors (Lipinski definition) is 4. The molecule has 1 aliphatic carbocycles. The van der Waals surface area contributed by atoms with E-state index in [2.05, 4.69) is 42.7 Å². The molecular formula is C23H24FN9O2. The summed E-state index contributed by atoms with van der Waals surface area (Å²) >= 11 is 0. The minimum atomic E-state index is -0.728. The van der Waals surface area contributed by atoms with Gasteiger partial charge in [-0.25, -0.2) is 4.98 Å². The number of aliphatic hydroxyl groups is 1. The van der Waals surface area contributed by atoms with Gasteiger partial charge in [0.05, 0.1) is 18.0 Å². The molecule has 0 bridgehead atoms. The van der Waals surface area contributed by atoms with Gasteiger partial charge in [-0.2, -0.15) is 19.5 Å². The van der Waals surface area contributed by atoms with Crippen LogP contribution in [0.4, 0.5) is 27.8 Å². The zero-order valence-corrected chi connectivity index (χ0v) is 18.9. The van der Waals surface area contributed by atoms with Crippen molar-refractivity contribution in [2.75, 3.05) is 22.1 Å². The van der Waals surface area contributed by atoms with Crippen LogP contribution in [-0.2, 0) is 10.2 Å². The smallest absolute Gasteiger partial charge is 0.247 e. The summed E-state index contributed by atoms with van der Waals surface area (Å²) in [7, 11) is 0. The monoisotopic (exact) mass is 477 g/mol. The number of nitrogens with one attached hydrogen (secondary N) is 3. The number of aliphatic hydroxyl groups excluding tert-OH is 1. The molecule has 2 aliphatic rings. The number of nitrogens with zero attached hydrogens (tertiary/aromatic N) is 6. The Kier molecular flexibility index (Phi) is 4.92. The molecule has 12 heteroatoms. The first-order valence-corrected chi connectivity index (χ1v) is 11.4. The number of aromatic amines is 1. The van der Waals surface area contributed by atoms with Crippen molar-refractivity contribution in [3.8, 4) is 0 Å².